The zero-order valence-corrected chi connectivity index (χ0v) is 19.1. The van der Waals surface area contributed by atoms with Crippen LogP contribution in [0.3, 0.4) is 0 Å². The smallest absolute Gasteiger partial charge is 0.147 e. The molecule has 156 valence electrons. The highest BCUT2D eigenvalue weighted by Crippen LogP contribution is 2.40. The summed E-state index contributed by atoms with van der Waals surface area (Å²) in [5, 5.41) is 4.88. The molecule has 0 aliphatic heterocycles. The molecule has 0 fully saturated rings. The number of likely N-dealkylation sites (N-methyl/N-ethyl adjacent to an activating group) is 1. The largest absolute Gasteiger partial charge is 0.363 e. The third kappa shape index (κ3) is 4.10. The third-order valence-corrected chi connectivity index (χ3v) is 7.26. The number of anilines is 1. The summed E-state index contributed by atoms with van der Waals surface area (Å²) >= 11 is 1.77. The molecular formula is C23H34N5S+. The van der Waals surface area contributed by atoms with Crippen molar-refractivity contribution in [3.05, 3.63) is 23.1 Å². The van der Waals surface area contributed by atoms with Crippen LogP contribution in [0.25, 0.3) is 20.4 Å². The van der Waals surface area contributed by atoms with Gasteiger partial charge in [0.25, 0.3) is 0 Å². The molecule has 29 heavy (non-hydrogen) atoms. The molecular weight excluding hydrogens is 378 g/mol. The van der Waals surface area contributed by atoms with Crippen molar-refractivity contribution < 1.29 is 4.90 Å². The summed E-state index contributed by atoms with van der Waals surface area (Å²) < 4.78 is 1.17. The van der Waals surface area contributed by atoms with Crippen LogP contribution in [-0.4, -0.2) is 41.1 Å². The van der Waals surface area contributed by atoms with Gasteiger partial charge in [-0.25, -0.2) is 15.0 Å². The Morgan fingerprint density at radius 2 is 1.86 bits per heavy atom. The highest BCUT2D eigenvalue weighted by atomic mass is 32.1. The number of rotatable bonds is 8. The van der Waals surface area contributed by atoms with Crippen molar-refractivity contribution in [1.82, 2.24) is 15.0 Å². The van der Waals surface area contributed by atoms with Gasteiger partial charge in [-0.05, 0) is 63.0 Å². The molecule has 0 unspecified atom stereocenters. The van der Waals surface area contributed by atoms with Gasteiger partial charge in [-0.2, -0.15) is 0 Å². The van der Waals surface area contributed by atoms with Gasteiger partial charge in [0.2, 0.25) is 0 Å². The Morgan fingerprint density at radius 3 is 2.59 bits per heavy atom. The van der Waals surface area contributed by atoms with Gasteiger partial charge >= 0.3 is 0 Å². The SMILES string of the molecule is CC[NH+](CC)CCNc1ncnc2c1sc1nc(CC(C)C)c3c(c12)CCCC3. The van der Waals surface area contributed by atoms with E-state index >= 15 is 0 Å². The van der Waals surface area contributed by atoms with Crippen molar-refractivity contribution in [2.24, 2.45) is 5.92 Å². The van der Waals surface area contributed by atoms with Crippen molar-refractivity contribution in [3.63, 3.8) is 0 Å². The summed E-state index contributed by atoms with van der Waals surface area (Å²) in [6.45, 7) is 13.4. The Bertz CT molecular complexity index is 990. The Morgan fingerprint density at radius 1 is 1.10 bits per heavy atom. The molecule has 0 aromatic carbocycles. The van der Waals surface area contributed by atoms with E-state index in [1.165, 1.54) is 46.2 Å². The number of fused-ring (bicyclic) bond motifs is 5. The van der Waals surface area contributed by atoms with Gasteiger partial charge in [0.05, 0.1) is 36.4 Å². The lowest BCUT2D eigenvalue weighted by Crippen LogP contribution is -3.12. The maximum absolute atomic E-state index is 5.16. The number of thiophene rings is 1. The molecule has 4 rings (SSSR count). The second-order valence-electron chi connectivity index (χ2n) is 8.64. The molecule has 0 spiro atoms. The summed E-state index contributed by atoms with van der Waals surface area (Å²) in [6.07, 6.45) is 7.66. The summed E-state index contributed by atoms with van der Waals surface area (Å²) in [5.41, 5.74) is 5.44. The Labute approximate surface area is 178 Å². The second-order valence-corrected chi connectivity index (χ2v) is 9.64. The Hall–Kier alpha value is -1.79. The molecule has 0 saturated carbocycles. The molecule has 3 heterocycles. The van der Waals surface area contributed by atoms with Gasteiger partial charge in [-0.15, -0.1) is 11.3 Å². The van der Waals surface area contributed by atoms with Gasteiger partial charge in [-0.1, -0.05) is 13.8 Å². The molecule has 3 aromatic heterocycles. The lowest BCUT2D eigenvalue weighted by Gasteiger charge is -2.20. The van der Waals surface area contributed by atoms with Crippen LogP contribution in [0.5, 0.6) is 0 Å². The van der Waals surface area contributed by atoms with Gasteiger partial charge < -0.3 is 10.2 Å². The fraction of sp³-hybridized carbons (Fsp3) is 0.609. The molecule has 0 bridgehead atoms. The second kappa shape index (κ2) is 8.92. The molecule has 1 aliphatic carbocycles. The number of hydrogen-bond donors (Lipinski definition) is 2. The van der Waals surface area contributed by atoms with Crippen LogP contribution in [0.4, 0.5) is 5.82 Å². The van der Waals surface area contributed by atoms with Gasteiger partial charge in [0.1, 0.15) is 17.0 Å². The minimum Gasteiger partial charge on any atom is -0.363 e. The van der Waals surface area contributed by atoms with E-state index in [1.807, 2.05) is 0 Å². The van der Waals surface area contributed by atoms with Gasteiger partial charge in [-0.3, -0.25) is 0 Å². The predicted molar refractivity (Wildman–Crippen MR) is 123 cm³/mol. The predicted octanol–water partition coefficient (Wildman–Crippen LogP) is 3.65. The first-order valence-electron chi connectivity index (χ1n) is 11.3. The molecule has 3 aromatic rings. The molecule has 6 heteroatoms. The van der Waals surface area contributed by atoms with E-state index < -0.39 is 0 Å². The Kier molecular flexibility index (Phi) is 6.30. The van der Waals surface area contributed by atoms with E-state index in [9.17, 15) is 0 Å². The van der Waals surface area contributed by atoms with Crippen molar-refractivity contribution in [3.8, 4) is 0 Å². The zero-order chi connectivity index (χ0) is 20.4. The van der Waals surface area contributed by atoms with Crippen molar-refractivity contribution in [2.45, 2.75) is 59.8 Å². The van der Waals surface area contributed by atoms with E-state index in [4.69, 9.17) is 9.97 Å². The molecule has 5 nitrogen and oxygen atoms in total. The third-order valence-electron chi connectivity index (χ3n) is 6.18. The number of aromatic nitrogens is 3. The maximum Gasteiger partial charge on any atom is 0.147 e. The van der Waals surface area contributed by atoms with Crippen LogP contribution < -0.4 is 10.2 Å². The average molecular weight is 413 g/mol. The van der Waals surface area contributed by atoms with E-state index in [1.54, 1.807) is 22.6 Å². The highest BCUT2D eigenvalue weighted by Gasteiger charge is 2.23. The molecule has 0 saturated heterocycles. The van der Waals surface area contributed by atoms with Crippen LogP contribution in [0, 0.1) is 5.92 Å². The summed E-state index contributed by atoms with van der Waals surface area (Å²) in [4.78, 5) is 17.2. The van der Waals surface area contributed by atoms with Gasteiger partial charge in [0, 0.05) is 11.1 Å². The van der Waals surface area contributed by atoms with Crippen LogP contribution in [-0.2, 0) is 19.3 Å². The number of quaternary nitrogens is 1. The van der Waals surface area contributed by atoms with Crippen LogP contribution in [0.2, 0.25) is 0 Å². The molecule has 0 atom stereocenters. The monoisotopic (exact) mass is 412 g/mol. The zero-order valence-electron chi connectivity index (χ0n) is 18.3. The average Bonchev–Trinajstić information content (AvgIpc) is 3.10. The van der Waals surface area contributed by atoms with Gasteiger partial charge in [0.15, 0.2) is 0 Å². The number of hydrogen-bond acceptors (Lipinski definition) is 5. The first-order chi connectivity index (χ1) is 14.1. The quantitative estimate of drug-likeness (QED) is 0.593. The first-order valence-corrected chi connectivity index (χ1v) is 12.1. The molecule has 0 radical (unpaired) electrons. The molecule has 0 amide bonds. The minimum absolute atomic E-state index is 0.625. The standard InChI is InChI=1S/C23H33N5S/c1-5-28(6-2)12-11-24-22-21-20(25-14-26-22)19-17-10-8-7-9-16(17)18(13-15(3)4)27-23(19)29-21/h14-15H,5-13H2,1-4H3,(H,24,25,26)/p+1. The van der Waals surface area contributed by atoms with Crippen LogP contribution in [0.15, 0.2) is 6.33 Å². The maximum atomic E-state index is 5.16. The number of aryl methyl sites for hydroxylation is 1. The normalized spacial score (nSPS) is 14.3. The molecule has 1 aliphatic rings. The van der Waals surface area contributed by atoms with Crippen LogP contribution >= 0.6 is 11.3 Å². The highest BCUT2D eigenvalue weighted by molar-refractivity contribution is 7.26. The minimum atomic E-state index is 0.625. The van der Waals surface area contributed by atoms with E-state index in [0.29, 0.717) is 5.92 Å². The summed E-state index contributed by atoms with van der Waals surface area (Å²) in [6, 6.07) is 0. The van der Waals surface area contributed by atoms with E-state index in [2.05, 4.69) is 38.0 Å². The van der Waals surface area contributed by atoms with Crippen molar-refractivity contribution in [2.75, 3.05) is 31.5 Å². The lowest BCUT2D eigenvalue weighted by atomic mass is 9.87. The van der Waals surface area contributed by atoms with Crippen molar-refractivity contribution >= 4 is 37.6 Å². The summed E-state index contributed by atoms with van der Waals surface area (Å²) in [5.74, 6) is 1.60. The Balaban J connectivity index is 1.76. The van der Waals surface area contributed by atoms with E-state index in [-0.39, 0.29) is 0 Å². The fourth-order valence-electron chi connectivity index (χ4n) is 4.58. The summed E-state index contributed by atoms with van der Waals surface area (Å²) in [7, 11) is 0. The number of pyridine rings is 1. The van der Waals surface area contributed by atoms with E-state index in [0.717, 1.165) is 55.2 Å². The van der Waals surface area contributed by atoms with Crippen LogP contribution in [0.1, 0.15) is 57.4 Å². The molecule has 2 N–H and O–H groups in total. The lowest BCUT2D eigenvalue weighted by molar-refractivity contribution is -0.894. The number of nitrogens with zero attached hydrogens (tertiary/aromatic N) is 3. The number of nitrogens with one attached hydrogen (secondary N) is 2. The topological polar surface area (TPSA) is 55.1 Å². The first kappa shape index (κ1) is 20.5. The fourth-order valence-corrected chi connectivity index (χ4v) is 5.72. The van der Waals surface area contributed by atoms with Crippen molar-refractivity contribution in [1.29, 1.82) is 0 Å².